The van der Waals surface area contributed by atoms with Gasteiger partial charge in [0.15, 0.2) is 6.61 Å². The summed E-state index contributed by atoms with van der Waals surface area (Å²) in [6, 6.07) is 16.4. The number of rotatable bonds is 4. The number of nitrogens with zero attached hydrogens (tertiary/aromatic N) is 1. The van der Waals surface area contributed by atoms with Gasteiger partial charge in [0.2, 0.25) is 0 Å². The van der Waals surface area contributed by atoms with Gasteiger partial charge in [0.25, 0.3) is 5.91 Å². The van der Waals surface area contributed by atoms with Gasteiger partial charge in [-0.05, 0) is 24.3 Å². The lowest BCUT2D eigenvalue weighted by Gasteiger charge is -2.26. The van der Waals surface area contributed by atoms with Crippen LogP contribution in [0.15, 0.2) is 48.5 Å². The minimum absolute atomic E-state index is 0.0681. The molecule has 0 radical (unpaired) electrons. The van der Waals surface area contributed by atoms with Gasteiger partial charge < -0.3 is 14.8 Å². The van der Waals surface area contributed by atoms with E-state index < -0.39 is 0 Å². The van der Waals surface area contributed by atoms with Crippen LogP contribution in [0, 0.1) is 11.3 Å². The van der Waals surface area contributed by atoms with Gasteiger partial charge in [0, 0.05) is 12.0 Å². The first kappa shape index (κ1) is 14.9. The topological polar surface area (TPSA) is 71.3 Å². The number of hydrogen-bond donors (Lipinski definition) is 1. The van der Waals surface area contributed by atoms with Crippen molar-refractivity contribution < 1.29 is 14.3 Å². The average molecular weight is 308 g/mol. The summed E-state index contributed by atoms with van der Waals surface area (Å²) in [5.74, 6) is 1.12. The highest BCUT2D eigenvalue weighted by molar-refractivity contribution is 5.78. The first-order valence-corrected chi connectivity index (χ1v) is 7.40. The predicted octanol–water partition coefficient (Wildman–Crippen LogP) is 2.58. The molecule has 0 fully saturated rings. The van der Waals surface area contributed by atoms with Gasteiger partial charge >= 0.3 is 0 Å². The van der Waals surface area contributed by atoms with Gasteiger partial charge in [-0.3, -0.25) is 4.79 Å². The molecule has 0 saturated heterocycles. The third-order valence-corrected chi connectivity index (χ3v) is 3.63. The predicted molar refractivity (Wildman–Crippen MR) is 84.1 cm³/mol. The summed E-state index contributed by atoms with van der Waals surface area (Å²) in [6.07, 6.45) is 0.729. The zero-order valence-corrected chi connectivity index (χ0v) is 12.5. The van der Waals surface area contributed by atoms with E-state index in [9.17, 15) is 4.79 Å². The van der Waals surface area contributed by atoms with E-state index in [1.54, 1.807) is 24.3 Å². The standard InChI is InChI=1S/C18H16N2O3/c19-11-13-4-3-5-14(10-13)23-12-18(21)20-16-8-9-22-17-7-2-1-6-15(16)17/h1-7,10,16H,8-9,12H2,(H,20,21). The number of carbonyl (C=O) groups is 1. The van der Waals surface area contributed by atoms with Crippen molar-refractivity contribution >= 4 is 5.91 Å². The Morgan fingerprint density at radius 1 is 1.30 bits per heavy atom. The largest absolute Gasteiger partial charge is 0.493 e. The van der Waals surface area contributed by atoms with Gasteiger partial charge in [-0.25, -0.2) is 0 Å². The van der Waals surface area contributed by atoms with Crippen molar-refractivity contribution in [3.63, 3.8) is 0 Å². The molecular weight excluding hydrogens is 292 g/mol. The van der Waals surface area contributed by atoms with E-state index in [2.05, 4.69) is 5.32 Å². The molecule has 1 aliphatic heterocycles. The lowest BCUT2D eigenvalue weighted by molar-refractivity contribution is -0.124. The van der Waals surface area contributed by atoms with Crippen molar-refractivity contribution in [3.8, 4) is 17.6 Å². The third-order valence-electron chi connectivity index (χ3n) is 3.63. The number of fused-ring (bicyclic) bond motifs is 1. The van der Waals surface area contributed by atoms with Crippen LogP contribution in [0.4, 0.5) is 0 Å². The quantitative estimate of drug-likeness (QED) is 0.942. The number of para-hydroxylation sites is 1. The van der Waals surface area contributed by atoms with E-state index in [0.717, 1.165) is 17.7 Å². The molecule has 1 heterocycles. The highest BCUT2D eigenvalue weighted by Crippen LogP contribution is 2.31. The van der Waals surface area contributed by atoms with Gasteiger partial charge in [-0.1, -0.05) is 24.3 Å². The molecule has 5 nitrogen and oxygen atoms in total. The van der Waals surface area contributed by atoms with Crippen molar-refractivity contribution in [2.45, 2.75) is 12.5 Å². The maximum absolute atomic E-state index is 12.1. The Balaban J connectivity index is 1.59. The molecule has 0 aliphatic carbocycles. The summed E-state index contributed by atoms with van der Waals surface area (Å²) in [6.45, 7) is 0.488. The van der Waals surface area contributed by atoms with E-state index in [1.165, 1.54) is 0 Å². The van der Waals surface area contributed by atoms with Gasteiger partial charge in [0.05, 0.1) is 24.3 Å². The lowest BCUT2D eigenvalue weighted by atomic mass is 10.0. The Hall–Kier alpha value is -3.00. The molecule has 5 heteroatoms. The molecule has 3 rings (SSSR count). The molecule has 2 aromatic rings. The van der Waals surface area contributed by atoms with Crippen molar-refractivity contribution in [2.24, 2.45) is 0 Å². The number of ether oxygens (including phenoxy) is 2. The van der Waals surface area contributed by atoms with Crippen LogP contribution in [0.5, 0.6) is 11.5 Å². The van der Waals surface area contributed by atoms with Crippen LogP contribution in [-0.4, -0.2) is 19.1 Å². The molecule has 23 heavy (non-hydrogen) atoms. The van der Waals surface area contributed by atoms with Gasteiger partial charge in [-0.15, -0.1) is 0 Å². The average Bonchev–Trinajstić information content (AvgIpc) is 2.60. The summed E-state index contributed by atoms with van der Waals surface area (Å²) in [7, 11) is 0. The molecule has 0 aromatic heterocycles. The Kier molecular flexibility index (Phi) is 4.44. The molecule has 0 spiro atoms. The maximum Gasteiger partial charge on any atom is 0.258 e. The molecule has 0 bridgehead atoms. The van der Waals surface area contributed by atoms with Crippen LogP contribution in [0.1, 0.15) is 23.6 Å². The van der Waals surface area contributed by atoms with Crippen LogP contribution < -0.4 is 14.8 Å². The summed E-state index contributed by atoms with van der Waals surface area (Å²) in [4.78, 5) is 12.1. The second kappa shape index (κ2) is 6.84. The first-order valence-electron chi connectivity index (χ1n) is 7.40. The van der Waals surface area contributed by atoms with Crippen molar-refractivity contribution in [3.05, 3.63) is 59.7 Å². The summed E-state index contributed by atoms with van der Waals surface area (Å²) < 4.78 is 11.0. The van der Waals surface area contributed by atoms with Crippen LogP contribution in [0.25, 0.3) is 0 Å². The molecule has 1 amide bonds. The van der Waals surface area contributed by atoms with Crippen molar-refractivity contribution in [1.29, 1.82) is 5.26 Å². The van der Waals surface area contributed by atoms with Crippen LogP contribution in [0.2, 0.25) is 0 Å². The number of hydrogen-bond acceptors (Lipinski definition) is 4. The smallest absolute Gasteiger partial charge is 0.258 e. The monoisotopic (exact) mass is 308 g/mol. The third kappa shape index (κ3) is 3.61. The highest BCUT2D eigenvalue weighted by Gasteiger charge is 2.22. The first-order chi connectivity index (χ1) is 11.3. The number of nitriles is 1. The number of amides is 1. The summed E-state index contributed by atoms with van der Waals surface area (Å²) >= 11 is 0. The normalized spacial score (nSPS) is 15.7. The second-order valence-corrected chi connectivity index (χ2v) is 5.22. The van der Waals surface area contributed by atoms with Crippen LogP contribution in [-0.2, 0) is 4.79 Å². The van der Waals surface area contributed by atoms with Crippen molar-refractivity contribution in [1.82, 2.24) is 5.32 Å². The minimum Gasteiger partial charge on any atom is -0.493 e. The molecule has 1 atom stereocenters. The fourth-order valence-corrected chi connectivity index (χ4v) is 2.53. The zero-order chi connectivity index (χ0) is 16.1. The molecule has 2 aromatic carbocycles. The van der Waals surface area contributed by atoms with E-state index in [1.807, 2.05) is 30.3 Å². The summed E-state index contributed by atoms with van der Waals surface area (Å²) in [5, 5.41) is 11.8. The zero-order valence-electron chi connectivity index (χ0n) is 12.5. The molecule has 116 valence electrons. The number of carbonyl (C=O) groups excluding carboxylic acids is 1. The second-order valence-electron chi connectivity index (χ2n) is 5.22. The highest BCUT2D eigenvalue weighted by atomic mass is 16.5. The van der Waals surface area contributed by atoms with E-state index in [0.29, 0.717) is 17.9 Å². The Morgan fingerprint density at radius 2 is 2.17 bits per heavy atom. The fraction of sp³-hybridized carbons (Fsp3) is 0.222. The minimum atomic E-state index is -0.200. The lowest BCUT2D eigenvalue weighted by Crippen LogP contribution is -2.35. The number of nitrogens with one attached hydrogen (secondary N) is 1. The van der Waals surface area contributed by atoms with Crippen LogP contribution >= 0.6 is 0 Å². The van der Waals surface area contributed by atoms with E-state index >= 15 is 0 Å². The molecule has 0 saturated carbocycles. The molecule has 1 aliphatic rings. The number of benzene rings is 2. The van der Waals surface area contributed by atoms with E-state index in [4.69, 9.17) is 14.7 Å². The molecule has 1 unspecified atom stereocenters. The SMILES string of the molecule is N#Cc1cccc(OCC(=O)NC2CCOc3ccccc32)c1. The maximum atomic E-state index is 12.1. The van der Waals surface area contributed by atoms with E-state index in [-0.39, 0.29) is 18.6 Å². The summed E-state index contributed by atoms with van der Waals surface area (Å²) in [5.41, 5.74) is 1.49. The molecular formula is C18H16N2O3. The van der Waals surface area contributed by atoms with Gasteiger partial charge in [-0.2, -0.15) is 5.26 Å². The Bertz CT molecular complexity index is 752. The van der Waals surface area contributed by atoms with Crippen molar-refractivity contribution in [2.75, 3.05) is 13.2 Å². The Morgan fingerprint density at radius 3 is 3.04 bits per heavy atom. The molecule has 1 N–H and O–H groups in total. The van der Waals surface area contributed by atoms with Crippen LogP contribution in [0.3, 0.4) is 0 Å². The van der Waals surface area contributed by atoms with Gasteiger partial charge in [0.1, 0.15) is 11.5 Å². The fourth-order valence-electron chi connectivity index (χ4n) is 2.53. The Labute approximate surface area is 134 Å².